The number of anilines is 2. The maximum Gasteiger partial charge on any atom is 0.329 e. The summed E-state index contributed by atoms with van der Waals surface area (Å²) in [7, 11) is 0. The van der Waals surface area contributed by atoms with Crippen LogP contribution in [-0.2, 0) is 14.4 Å². The molecule has 12 heteroatoms. The number of hydrogen-bond donors (Lipinski definition) is 3. The Balaban J connectivity index is 1.50. The molecule has 0 aromatic heterocycles. The zero-order valence-electron chi connectivity index (χ0n) is 17.7. The van der Waals surface area contributed by atoms with Crippen molar-refractivity contribution in [2.75, 3.05) is 17.2 Å². The van der Waals surface area contributed by atoms with E-state index in [1.807, 2.05) is 0 Å². The van der Waals surface area contributed by atoms with E-state index >= 15 is 0 Å². The Labute approximate surface area is 220 Å². The van der Waals surface area contributed by atoms with Crippen LogP contribution in [0.5, 0.6) is 5.75 Å². The van der Waals surface area contributed by atoms with Crippen LogP contribution < -0.4 is 20.8 Å². The molecule has 0 unspecified atom stereocenters. The van der Waals surface area contributed by atoms with Gasteiger partial charge >= 0.3 is 11.8 Å². The van der Waals surface area contributed by atoms with E-state index in [0.29, 0.717) is 27.0 Å². The maximum atomic E-state index is 12.1. The molecule has 0 aliphatic carbocycles. The van der Waals surface area contributed by atoms with Crippen LogP contribution in [0, 0.1) is 0 Å². The van der Waals surface area contributed by atoms with Gasteiger partial charge in [-0.3, -0.25) is 14.4 Å². The van der Waals surface area contributed by atoms with Crippen molar-refractivity contribution in [2.45, 2.75) is 0 Å². The van der Waals surface area contributed by atoms with Gasteiger partial charge in [-0.05, 0) is 48.0 Å². The number of ether oxygens (including phenoxy) is 1. The quantitative estimate of drug-likeness (QED) is 0.206. The van der Waals surface area contributed by atoms with Crippen LogP contribution in [0.4, 0.5) is 11.4 Å². The highest BCUT2D eigenvalue weighted by molar-refractivity contribution is 6.45. The molecule has 3 N–H and O–H groups in total. The highest BCUT2D eigenvalue weighted by atomic mass is 35.5. The second-order valence-electron chi connectivity index (χ2n) is 6.82. The SMILES string of the molecule is O=C(COc1cccc(/C=N\NC(=O)C(=O)Nc2cccc(Cl)c2Cl)c1)Nc1cc(Cl)cc(Cl)c1. The molecule has 8 nitrogen and oxygen atoms in total. The van der Waals surface area contributed by atoms with Gasteiger partial charge in [-0.1, -0.05) is 64.6 Å². The van der Waals surface area contributed by atoms with E-state index in [-0.39, 0.29) is 22.3 Å². The molecule has 0 saturated carbocycles. The Kier molecular flexibility index (Phi) is 9.33. The summed E-state index contributed by atoms with van der Waals surface area (Å²) in [6.45, 7) is -0.270. The van der Waals surface area contributed by atoms with Gasteiger partial charge in [0.05, 0.1) is 21.9 Å². The highest BCUT2D eigenvalue weighted by Gasteiger charge is 2.15. The molecular weight excluding hydrogens is 538 g/mol. The number of carbonyl (C=O) groups excluding carboxylic acids is 3. The van der Waals surface area contributed by atoms with Gasteiger partial charge in [0.1, 0.15) is 5.75 Å². The minimum Gasteiger partial charge on any atom is -0.484 e. The molecule has 180 valence electrons. The lowest BCUT2D eigenvalue weighted by Crippen LogP contribution is -2.32. The largest absolute Gasteiger partial charge is 0.484 e. The minimum atomic E-state index is -1.01. The summed E-state index contributed by atoms with van der Waals surface area (Å²) in [5, 5.41) is 9.84. The summed E-state index contributed by atoms with van der Waals surface area (Å²) in [5.74, 6) is -2.02. The average Bonchev–Trinajstić information content (AvgIpc) is 2.80. The molecule has 0 radical (unpaired) electrons. The highest BCUT2D eigenvalue weighted by Crippen LogP contribution is 2.29. The van der Waals surface area contributed by atoms with E-state index in [1.165, 1.54) is 12.3 Å². The molecule has 0 heterocycles. The molecule has 0 aliphatic rings. The van der Waals surface area contributed by atoms with E-state index in [2.05, 4.69) is 21.2 Å². The lowest BCUT2D eigenvalue weighted by atomic mass is 10.2. The van der Waals surface area contributed by atoms with Gasteiger partial charge in [0, 0.05) is 15.7 Å². The number of halogens is 4. The van der Waals surface area contributed by atoms with Crippen LogP contribution in [0.15, 0.2) is 65.8 Å². The first-order chi connectivity index (χ1) is 16.7. The van der Waals surface area contributed by atoms with Gasteiger partial charge in [-0.15, -0.1) is 0 Å². The number of carbonyl (C=O) groups is 3. The van der Waals surface area contributed by atoms with E-state index in [1.54, 1.807) is 54.6 Å². The van der Waals surface area contributed by atoms with Crippen molar-refractivity contribution in [3.05, 3.63) is 86.3 Å². The van der Waals surface area contributed by atoms with Crippen molar-refractivity contribution >= 4 is 81.7 Å². The summed E-state index contributed by atoms with van der Waals surface area (Å²) in [6.07, 6.45) is 1.30. The van der Waals surface area contributed by atoms with Crippen LogP contribution in [0.2, 0.25) is 20.1 Å². The van der Waals surface area contributed by atoms with Crippen LogP contribution in [-0.4, -0.2) is 30.5 Å². The van der Waals surface area contributed by atoms with Gasteiger partial charge in [0.15, 0.2) is 6.61 Å². The van der Waals surface area contributed by atoms with Crippen molar-refractivity contribution < 1.29 is 19.1 Å². The normalized spacial score (nSPS) is 10.6. The average molecular weight is 554 g/mol. The first-order valence-corrected chi connectivity index (χ1v) is 11.3. The second kappa shape index (κ2) is 12.4. The zero-order valence-corrected chi connectivity index (χ0v) is 20.7. The van der Waals surface area contributed by atoms with Crippen LogP contribution in [0.1, 0.15) is 5.56 Å². The second-order valence-corrected chi connectivity index (χ2v) is 8.48. The number of benzene rings is 3. The van der Waals surface area contributed by atoms with Gasteiger partial charge in [-0.2, -0.15) is 5.10 Å². The Hall–Kier alpha value is -3.30. The van der Waals surface area contributed by atoms with Crippen molar-refractivity contribution in [3.8, 4) is 5.75 Å². The Bertz CT molecular complexity index is 1280. The van der Waals surface area contributed by atoms with Crippen molar-refractivity contribution in [1.82, 2.24) is 5.43 Å². The Morgan fingerprint density at radius 2 is 1.57 bits per heavy atom. The predicted molar refractivity (Wildman–Crippen MR) is 138 cm³/mol. The molecule has 3 rings (SSSR count). The minimum absolute atomic E-state index is 0.112. The monoisotopic (exact) mass is 552 g/mol. The van der Waals surface area contributed by atoms with Gasteiger partial charge < -0.3 is 15.4 Å². The zero-order chi connectivity index (χ0) is 25.4. The lowest BCUT2D eigenvalue weighted by molar-refractivity contribution is -0.136. The summed E-state index contributed by atoms with van der Waals surface area (Å²) < 4.78 is 5.48. The van der Waals surface area contributed by atoms with E-state index < -0.39 is 17.7 Å². The third-order valence-corrected chi connectivity index (χ3v) is 5.42. The summed E-state index contributed by atoms with van der Waals surface area (Å²) in [5.41, 5.74) is 3.28. The summed E-state index contributed by atoms with van der Waals surface area (Å²) in [4.78, 5) is 36.1. The van der Waals surface area contributed by atoms with Crippen molar-refractivity contribution in [1.29, 1.82) is 0 Å². The molecule has 0 spiro atoms. The van der Waals surface area contributed by atoms with E-state index in [0.717, 1.165) is 0 Å². The Morgan fingerprint density at radius 3 is 2.31 bits per heavy atom. The van der Waals surface area contributed by atoms with E-state index in [9.17, 15) is 14.4 Å². The fourth-order valence-electron chi connectivity index (χ4n) is 2.65. The number of hydrazone groups is 1. The lowest BCUT2D eigenvalue weighted by Gasteiger charge is -2.09. The molecule has 0 bridgehead atoms. The number of amides is 3. The third-order valence-electron chi connectivity index (χ3n) is 4.16. The number of nitrogens with one attached hydrogen (secondary N) is 3. The first kappa shape index (κ1) is 26.3. The molecule has 0 aliphatic heterocycles. The van der Waals surface area contributed by atoms with Gasteiger partial charge in [0.2, 0.25) is 0 Å². The van der Waals surface area contributed by atoms with Crippen LogP contribution >= 0.6 is 46.4 Å². The van der Waals surface area contributed by atoms with Gasteiger partial charge in [-0.25, -0.2) is 5.43 Å². The molecule has 0 saturated heterocycles. The fraction of sp³-hybridized carbons (Fsp3) is 0.0435. The first-order valence-electron chi connectivity index (χ1n) is 9.78. The fourth-order valence-corrected chi connectivity index (χ4v) is 3.53. The third kappa shape index (κ3) is 8.15. The summed E-state index contributed by atoms with van der Waals surface area (Å²) in [6, 6.07) is 15.9. The molecule has 0 atom stereocenters. The molecule has 0 fully saturated rings. The van der Waals surface area contributed by atoms with Crippen molar-refractivity contribution in [3.63, 3.8) is 0 Å². The number of nitrogens with zero attached hydrogens (tertiary/aromatic N) is 1. The van der Waals surface area contributed by atoms with Gasteiger partial charge in [0.25, 0.3) is 5.91 Å². The molecule has 3 aromatic rings. The van der Waals surface area contributed by atoms with Crippen LogP contribution in [0.25, 0.3) is 0 Å². The predicted octanol–water partition coefficient (Wildman–Crippen LogP) is 5.41. The maximum absolute atomic E-state index is 12.1. The topological polar surface area (TPSA) is 109 Å². The smallest absolute Gasteiger partial charge is 0.329 e. The summed E-state index contributed by atoms with van der Waals surface area (Å²) >= 11 is 23.7. The van der Waals surface area contributed by atoms with Crippen LogP contribution in [0.3, 0.4) is 0 Å². The standard InChI is InChI=1S/C23H16Cl4N4O4/c24-14-8-15(25)10-16(9-14)29-20(32)12-35-17-4-1-3-13(7-17)11-28-31-23(34)22(33)30-19-6-2-5-18(26)21(19)27/h1-11H,12H2,(H,29,32)(H,30,33)(H,31,34)/b28-11-. The van der Waals surface area contributed by atoms with Crippen molar-refractivity contribution in [2.24, 2.45) is 5.10 Å². The number of rotatable bonds is 7. The molecule has 3 aromatic carbocycles. The number of hydrogen-bond acceptors (Lipinski definition) is 5. The molecule has 35 heavy (non-hydrogen) atoms. The van der Waals surface area contributed by atoms with E-state index in [4.69, 9.17) is 51.1 Å². The molecule has 3 amide bonds. The molecular formula is C23H16Cl4N4O4. The Morgan fingerprint density at radius 1 is 0.857 bits per heavy atom.